The first kappa shape index (κ1) is 15.4. The second-order valence-corrected chi connectivity index (χ2v) is 5.48. The highest BCUT2D eigenvalue weighted by atomic mass is 16.5. The molecule has 0 aliphatic carbocycles. The van der Waals surface area contributed by atoms with E-state index in [1.54, 1.807) is 0 Å². The molecular weight excluding hydrogens is 228 g/mol. The van der Waals surface area contributed by atoms with Crippen LogP contribution < -0.4 is 5.32 Å². The van der Waals surface area contributed by atoms with E-state index in [0.717, 1.165) is 31.5 Å². The second kappa shape index (κ2) is 7.74. The van der Waals surface area contributed by atoms with Crippen LogP contribution in [0.1, 0.15) is 33.6 Å². The van der Waals surface area contributed by atoms with Gasteiger partial charge in [-0.25, -0.2) is 0 Å². The maximum absolute atomic E-state index is 11.7. The quantitative estimate of drug-likeness (QED) is 0.731. The van der Waals surface area contributed by atoms with Crippen molar-refractivity contribution in [3.05, 3.63) is 0 Å². The van der Waals surface area contributed by atoms with E-state index >= 15 is 0 Å². The summed E-state index contributed by atoms with van der Waals surface area (Å²) < 4.78 is 5.07. The third kappa shape index (κ3) is 4.58. The number of esters is 1. The van der Waals surface area contributed by atoms with Gasteiger partial charge < -0.3 is 15.0 Å². The Morgan fingerprint density at radius 2 is 2.00 bits per heavy atom. The Kier molecular flexibility index (Phi) is 6.65. The highest BCUT2D eigenvalue weighted by Crippen LogP contribution is 2.24. The van der Waals surface area contributed by atoms with Crippen molar-refractivity contribution in [2.45, 2.75) is 39.7 Å². The number of likely N-dealkylation sites (N-methyl/N-ethyl adjacent to an activating group) is 1. The van der Waals surface area contributed by atoms with E-state index < -0.39 is 0 Å². The van der Waals surface area contributed by atoms with Crippen LogP contribution in [0.3, 0.4) is 0 Å². The largest absolute Gasteiger partial charge is 0.465 e. The van der Waals surface area contributed by atoms with Crippen molar-refractivity contribution in [3.8, 4) is 0 Å². The molecule has 0 spiro atoms. The van der Waals surface area contributed by atoms with Gasteiger partial charge in [0, 0.05) is 6.54 Å². The zero-order valence-electron chi connectivity index (χ0n) is 12.2. The number of nitrogens with one attached hydrogen (secondary N) is 1. The Bertz CT molecular complexity index is 248. The van der Waals surface area contributed by atoms with E-state index in [4.69, 9.17) is 4.74 Å². The smallest absolute Gasteiger partial charge is 0.324 e. The molecule has 1 heterocycles. The Balaban J connectivity index is 2.36. The summed E-state index contributed by atoms with van der Waals surface area (Å²) in [6.45, 7) is 9.86. The zero-order valence-corrected chi connectivity index (χ0v) is 12.2. The Labute approximate surface area is 111 Å². The van der Waals surface area contributed by atoms with Gasteiger partial charge in [0.15, 0.2) is 0 Å². The van der Waals surface area contributed by atoms with Crippen molar-refractivity contribution < 1.29 is 9.53 Å². The van der Waals surface area contributed by atoms with Crippen molar-refractivity contribution in [1.82, 2.24) is 10.2 Å². The van der Waals surface area contributed by atoms with E-state index in [0.29, 0.717) is 6.61 Å². The maximum atomic E-state index is 11.7. The minimum absolute atomic E-state index is 0.133. The van der Waals surface area contributed by atoms with E-state index in [1.165, 1.54) is 12.8 Å². The van der Waals surface area contributed by atoms with Crippen LogP contribution >= 0.6 is 0 Å². The van der Waals surface area contributed by atoms with Gasteiger partial charge >= 0.3 is 5.97 Å². The SMILES string of the molecule is CCOC(=O)C(CN1CCC(C(C)C)CC1)NC. The molecule has 0 amide bonds. The first-order valence-corrected chi connectivity index (χ1v) is 7.14. The summed E-state index contributed by atoms with van der Waals surface area (Å²) in [5, 5.41) is 3.05. The minimum atomic E-state index is -0.194. The molecule has 0 bridgehead atoms. The molecule has 1 fully saturated rings. The Hall–Kier alpha value is -0.610. The van der Waals surface area contributed by atoms with Crippen LogP contribution in [0.2, 0.25) is 0 Å². The fourth-order valence-corrected chi connectivity index (χ4v) is 2.59. The van der Waals surface area contributed by atoms with Gasteiger partial charge in [-0.2, -0.15) is 0 Å². The number of piperidine rings is 1. The molecule has 0 aromatic heterocycles. The maximum Gasteiger partial charge on any atom is 0.324 e. The second-order valence-electron chi connectivity index (χ2n) is 5.48. The van der Waals surface area contributed by atoms with Crippen LogP contribution in [0.15, 0.2) is 0 Å². The molecule has 0 radical (unpaired) electrons. The van der Waals surface area contributed by atoms with Crippen molar-refractivity contribution in [2.24, 2.45) is 11.8 Å². The molecule has 0 saturated carbocycles. The molecule has 1 N–H and O–H groups in total. The molecule has 4 nitrogen and oxygen atoms in total. The summed E-state index contributed by atoms with van der Waals surface area (Å²) in [7, 11) is 1.82. The van der Waals surface area contributed by atoms with Crippen LogP contribution in [-0.2, 0) is 9.53 Å². The van der Waals surface area contributed by atoms with E-state index in [-0.39, 0.29) is 12.0 Å². The number of hydrogen-bond donors (Lipinski definition) is 1. The lowest BCUT2D eigenvalue weighted by atomic mass is 9.86. The van der Waals surface area contributed by atoms with Gasteiger partial charge in [0.2, 0.25) is 0 Å². The molecule has 1 unspecified atom stereocenters. The topological polar surface area (TPSA) is 41.6 Å². The molecule has 0 aromatic rings. The molecule has 1 aliphatic rings. The normalized spacial score (nSPS) is 20.1. The van der Waals surface area contributed by atoms with Gasteiger partial charge in [-0.05, 0) is 51.7 Å². The molecule has 1 atom stereocenters. The highest BCUT2D eigenvalue weighted by Gasteiger charge is 2.26. The van der Waals surface area contributed by atoms with Crippen LogP contribution in [0.4, 0.5) is 0 Å². The lowest BCUT2D eigenvalue weighted by molar-refractivity contribution is -0.146. The van der Waals surface area contributed by atoms with Crippen molar-refractivity contribution in [2.75, 3.05) is 33.3 Å². The fraction of sp³-hybridized carbons (Fsp3) is 0.929. The lowest BCUT2D eigenvalue weighted by Gasteiger charge is -2.35. The average Bonchev–Trinajstić information content (AvgIpc) is 2.36. The Morgan fingerprint density at radius 1 is 1.39 bits per heavy atom. The molecule has 18 heavy (non-hydrogen) atoms. The van der Waals surface area contributed by atoms with Crippen LogP contribution in [0.5, 0.6) is 0 Å². The third-order valence-corrected chi connectivity index (χ3v) is 3.94. The van der Waals surface area contributed by atoms with Gasteiger partial charge in [-0.1, -0.05) is 13.8 Å². The number of carbonyl (C=O) groups excluding carboxylic acids is 1. The Morgan fingerprint density at radius 3 is 2.44 bits per heavy atom. The number of ether oxygens (including phenoxy) is 1. The van der Waals surface area contributed by atoms with Crippen LogP contribution in [-0.4, -0.2) is 50.2 Å². The van der Waals surface area contributed by atoms with E-state index in [1.807, 2.05) is 14.0 Å². The van der Waals surface area contributed by atoms with E-state index in [9.17, 15) is 4.79 Å². The van der Waals surface area contributed by atoms with Gasteiger partial charge in [0.05, 0.1) is 6.61 Å². The van der Waals surface area contributed by atoms with Crippen LogP contribution in [0, 0.1) is 11.8 Å². The number of likely N-dealkylation sites (tertiary alicyclic amines) is 1. The number of carbonyl (C=O) groups is 1. The molecule has 0 aromatic carbocycles. The van der Waals surface area contributed by atoms with Crippen molar-refractivity contribution >= 4 is 5.97 Å². The first-order chi connectivity index (χ1) is 8.58. The molecule has 1 rings (SSSR count). The lowest BCUT2D eigenvalue weighted by Crippen LogP contribution is -2.48. The molecule has 1 aliphatic heterocycles. The van der Waals surface area contributed by atoms with Gasteiger partial charge in [0.25, 0.3) is 0 Å². The van der Waals surface area contributed by atoms with Gasteiger partial charge in [0.1, 0.15) is 6.04 Å². The van der Waals surface area contributed by atoms with Gasteiger partial charge in [-0.3, -0.25) is 4.79 Å². The minimum Gasteiger partial charge on any atom is -0.465 e. The van der Waals surface area contributed by atoms with Gasteiger partial charge in [-0.15, -0.1) is 0 Å². The molecule has 1 saturated heterocycles. The molecule has 106 valence electrons. The van der Waals surface area contributed by atoms with Crippen molar-refractivity contribution in [3.63, 3.8) is 0 Å². The van der Waals surface area contributed by atoms with E-state index in [2.05, 4.69) is 24.1 Å². The summed E-state index contributed by atoms with van der Waals surface area (Å²) in [6.07, 6.45) is 2.49. The van der Waals surface area contributed by atoms with Crippen LogP contribution in [0.25, 0.3) is 0 Å². The fourth-order valence-electron chi connectivity index (χ4n) is 2.59. The number of nitrogens with zero attached hydrogens (tertiary/aromatic N) is 1. The highest BCUT2D eigenvalue weighted by molar-refractivity contribution is 5.76. The standard InChI is InChI=1S/C14H28N2O2/c1-5-18-14(17)13(15-4)10-16-8-6-12(7-9-16)11(2)3/h11-13,15H,5-10H2,1-4H3. The molecule has 4 heteroatoms. The predicted octanol–water partition coefficient (Wildman–Crippen LogP) is 1.51. The monoisotopic (exact) mass is 256 g/mol. The molecular formula is C14H28N2O2. The first-order valence-electron chi connectivity index (χ1n) is 7.14. The average molecular weight is 256 g/mol. The summed E-state index contributed by atoms with van der Waals surface area (Å²) in [6, 6.07) is -0.194. The summed E-state index contributed by atoms with van der Waals surface area (Å²) in [5.41, 5.74) is 0. The number of hydrogen-bond acceptors (Lipinski definition) is 4. The number of rotatable bonds is 6. The summed E-state index contributed by atoms with van der Waals surface area (Å²) in [5.74, 6) is 1.49. The van der Waals surface area contributed by atoms with Crippen molar-refractivity contribution in [1.29, 1.82) is 0 Å². The summed E-state index contributed by atoms with van der Waals surface area (Å²) in [4.78, 5) is 14.1. The third-order valence-electron chi connectivity index (χ3n) is 3.94. The zero-order chi connectivity index (χ0) is 13.5. The predicted molar refractivity (Wildman–Crippen MR) is 73.5 cm³/mol. The summed E-state index contributed by atoms with van der Waals surface area (Å²) >= 11 is 0.